The molecule has 1 aromatic rings. The van der Waals surface area contributed by atoms with E-state index in [1.54, 1.807) is 31.4 Å². The van der Waals surface area contributed by atoms with E-state index in [1.165, 1.54) is 38.5 Å². The van der Waals surface area contributed by atoms with E-state index >= 15 is 0 Å². The Morgan fingerprint density at radius 1 is 1.13 bits per heavy atom. The van der Waals surface area contributed by atoms with Gasteiger partial charge in [0.15, 0.2) is 0 Å². The molecule has 23 heavy (non-hydrogen) atoms. The van der Waals surface area contributed by atoms with E-state index in [1.807, 2.05) is 0 Å². The minimum atomic E-state index is -3.32. The standard InChI is InChI=1S/C17H28N2O3S/c1-22-17-10-6-7-15(13-17)14-23(20,21)19-12-11-18-16-8-4-2-3-5-9-16/h6-7,10,13,16,18-19H,2-5,8-9,11-12,14H2,1H3. The largest absolute Gasteiger partial charge is 0.497 e. The second kappa shape index (κ2) is 9.25. The van der Waals surface area contributed by atoms with Crippen LogP contribution >= 0.6 is 0 Å². The number of nitrogens with one attached hydrogen (secondary N) is 2. The summed E-state index contributed by atoms with van der Waals surface area (Å²) in [6.45, 7) is 1.12. The lowest BCUT2D eigenvalue weighted by molar-refractivity contribution is 0.414. The minimum Gasteiger partial charge on any atom is -0.497 e. The summed E-state index contributed by atoms with van der Waals surface area (Å²) in [7, 11) is -1.74. The average Bonchev–Trinajstić information content (AvgIpc) is 2.80. The summed E-state index contributed by atoms with van der Waals surface area (Å²) >= 11 is 0. The van der Waals surface area contributed by atoms with Crippen molar-refractivity contribution >= 4 is 10.0 Å². The van der Waals surface area contributed by atoms with Gasteiger partial charge >= 0.3 is 0 Å². The zero-order chi connectivity index (χ0) is 16.5. The topological polar surface area (TPSA) is 67.4 Å². The number of rotatable bonds is 8. The van der Waals surface area contributed by atoms with Crippen molar-refractivity contribution in [3.63, 3.8) is 0 Å². The van der Waals surface area contributed by atoms with Crippen molar-refractivity contribution in [3.05, 3.63) is 29.8 Å². The van der Waals surface area contributed by atoms with Crippen molar-refractivity contribution in [2.45, 2.75) is 50.3 Å². The monoisotopic (exact) mass is 340 g/mol. The molecule has 1 fully saturated rings. The third kappa shape index (κ3) is 6.89. The van der Waals surface area contributed by atoms with Crippen molar-refractivity contribution in [1.29, 1.82) is 0 Å². The van der Waals surface area contributed by atoms with Gasteiger partial charge in [0.05, 0.1) is 12.9 Å². The number of sulfonamides is 1. The maximum atomic E-state index is 12.1. The Kier molecular flexibility index (Phi) is 7.33. The molecule has 5 nitrogen and oxygen atoms in total. The van der Waals surface area contributed by atoms with Crippen LogP contribution in [0.4, 0.5) is 0 Å². The summed E-state index contributed by atoms with van der Waals surface area (Å²) in [6.07, 6.45) is 7.61. The summed E-state index contributed by atoms with van der Waals surface area (Å²) in [5.74, 6) is 0.654. The molecular formula is C17H28N2O3S. The van der Waals surface area contributed by atoms with Gasteiger partial charge < -0.3 is 10.1 Å². The molecule has 0 atom stereocenters. The van der Waals surface area contributed by atoms with Gasteiger partial charge in [-0.05, 0) is 30.5 Å². The molecule has 1 saturated carbocycles. The molecule has 0 aliphatic heterocycles. The van der Waals surface area contributed by atoms with Gasteiger partial charge in [0.1, 0.15) is 5.75 Å². The number of methoxy groups -OCH3 is 1. The lowest BCUT2D eigenvalue weighted by Gasteiger charge is -2.16. The molecule has 0 bridgehead atoms. The van der Waals surface area contributed by atoms with Crippen molar-refractivity contribution < 1.29 is 13.2 Å². The van der Waals surface area contributed by atoms with E-state index in [9.17, 15) is 8.42 Å². The SMILES string of the molecule is COc1cccc(CS(=O)(=O)NCCNC2CCCCCC2)c1. The summed E-state index contributed by atoms with van der Waals surface area (Å²) in [4.78, 5) is 0. The molecule has 0 heterocycles. The summed E-state index contributed by atoms with van der Waals surface area (Å²) in [5, 5.41) is 3.47. The van der Waals surface area contributed by atoms with E-state index in [-0.39, 0.29) is 5.75 Å². The van der Waals surface area contributed by atoms with Crippen LogP contribution in [-0.2, 0) is 15.8 Å². The third-order valence-electron chi connectivity index (χ3n) is 4.23. The Morgan fingerprint density at radius 3 is 2.57 bits per heavy atom. The van der Waals surface area contributed by atoms with Gasteiger partial charge in [-0.25, -0.2) is 13.1 Å². The van der Waals surface area contributed by atoms with Crippen molar-refractivity contribution in [3.8, 4) is 5.75 Å². The predicted octanol–water partition coefficient (Wildman–Crippen LogP) is 2.43. The highest BCUT2D eigenvalue weighted by Crippen LogP contribution is 2.17. The van der Waals surface area contributed by atoms with Crippen LogP contribution in [0.2, 0.25) is 0 Å². The molecule has 0 amide bonds. The van der Waals surface area contributed by atoms with Crippen LogP contribution in [0.3, 0.4) is 0 Å². The lowest BCUT2D eigenvalue weighted by Crippen LogP contribution is -2.37. The van der Waals surface area contributed by atoms with Gasteiger partial charge in [-0.15, -0.1) is 0 Å². The highest BCUT2D eigenvalue weighted by atomic mass is 32.2. The van der Waals surface area contributed by atoms with Crippen molar-refractivity contribution in [1.82, 2.24) is 10.0 Å². The molecule has 0 saturated heterocycles. The van der Waals surface area contributed by atoms with E-state index < -0.39 is 10.0 Å². The predicted molar refractivity (Wildman–Crippen MR) is 93.1 cm³/mol. The van der Waals surface area contributed by atoms with Gasteiger partial charge in [-0.3, -0.25) is 0 Å². The number of benzene rings is 1. The zero-order valence-corrected chi connectivity index (χ0v) is 14.7. The lowest BCUT2D eigenvalue weighted by atomic mass is 10.1. The van der Waals surface area contributed by atoms with Gasteiger partial charge in [-0.2, -0.15) is 0 Å². The molecular weight excluding hydrogens is 312 g/mol. The Labute approximate surface area is 139 Å². The Balaban J connectivity index is 1.73. The average molecular weight is 340 g/mol. The Hall–Kier alpha value is -1.11. The fraction of sp³-hybridized carbons (Fsp3) is 0.647. The molecule has 0 radical (unpaired) electrons. The van der Waals surface area contributed by atoms with Crippen LogP contribution in [0.1, 0.15) is 44.1 Å². The number of ether oxygens (including phenoxy) is 1. The zero-order valence-electron chi connectivity index (χ0n) is 13.9. The van der Waals surface area contributed by atoms with Crippen LogP contribution in [0.5, 0.6) is 5.75 Å². The van der Waals surface area contributed by atoms with Crippen molar-refractivity contribution in [2.75, 3.05) is 20.2 Å². The second-order valence-electron chi connectivity index (χ2n) is 6.15. The van der Waals surface area contributed by atoms with Gasteiger partial charge in [0.2, 0.25) is 10.0 Å². The van der Waals surface area contributed by atoms with Crippen LogP contribution in [-0.4, -0.2) is 34.7 Å². The van der Waals surface area contributed by atoms with Crippen LogP contribution in [0.25, 0.3) is 0 Å². The van der Waals surface area contributed by atoms with Gasteiger partial charge in [-0.1, -0.05) is 37.8 Å². The van der Waals surface area contributed by atoms with Crippen LogP contribution in [0, 0.1) is 0 Å². The number of hydrogen-bond donors (Lipinski definition) is 2. The summed E-state index contributed by atoms with van der Waals surface area (Å²) in [5.41, 5.74) is 0.730. The molecule has 0 unspecified atom stereocenters. The molecule has 130 valence electrons. The Morgan fingerprint density at radius 2 is 1.87 bits per heavy atom. The third-order valence-corrected chi connectivity index (χ3v) is 5.58. The van der Waals surface area contributed by atoms with Crippen LogP contribution < -0.4 is 14.8 Å². The summed E-state index contributed by atoms with van der Waals surface area (Å²) < 4.78 is 32.0. The molecule has 2 N–H and O–H groups in total. The smallest absolute Gasteiger partial charge is 0.215 e. The molecule has 1 aliphatic rings. The first-order valence-electron chi connectivity index (χ1n) is 8.43. The fourth-order valence-electron chi connectivity index (χ4n) is 3.00. The summed E-state index contributed by atoms with van der Waals surface area (Å²) in [6, 6.07) is 7.70. The fourth-order valence-corrected chi connectivity index (χ4v) is 4.13. The molecule has 0 aromatic heterocycles. The minimum absolute atomic E-state index is 0.0202. The Bertz CT molecular complexity index is 567. The highest BCUT2D eigenvalue weighted by Gasteiger charge is 2.13. The van der Waals surface area contributed by atoms with Crippen molar-refractivity contribution in [2.24, 2.45) is 0 Å². The maximum absolute atomic E-state index is 12.1. The normalized spacial score (nSPS) is 16.9. The van der Waals surface area contributed by atoms with E-state index in [0.29, 0.717) is 24.9 Å². The quantitative estimate of drug-likeness (QED) is 0.563. The van der Waals surface area contributed by atoms with Crippen LogP contribution in [0.15, 0.2) is 24.3 Å². The first-order chi connectivity index (χ1) is 11.1. The van der Waals surface area contributed by atoms with E-state index in [4.69, 9.17) is 4.74 Å². The van der Waals surface area contributed by atoms with E-state index in [2.05, 4.69) is 10.0 Å². The first-order valence-corrected chi connectivity index (χ1v) is 10.1. The molecule has 6 heteroatoms. The second-order valence-corrected chi connectivity index (χ2v) is 7.95. The molecule has 1 aliphatic carbocycles. The highest BCUT2D eigenvalue weighted by molar-refractivity contribution is 7.88. The van der Waals surface area contributed by atoms with E-state index in [0.717, 1.165) is 5.56 Å². The molecule has 2 rings (SSSR count). The first kappa shape index (κ1) is 18.2. The van der Waals surface area contributed by atoms with Gasteiger partial charge in [0.25, 0.3) is 0 Å². The van der Waals surface area contributed by atoms with Gasteiger partial charge in [0, 0.05) is 19.1 Å². The number of hydrogen-bond acceptors (Lipinski definition) is 4. The molecule has 0 spiro atoms. The maximum Gasteiger partial charge on any atom is 0.215 e. The molecule has 1 aromatic carbocycles.